The van der Waals surface area contributed by atoms with Crippen LogP contribution in [0.5, 0.6) is 0 Å². The Morgan fingerprint density at radius 3 is 2.63 bits per heavy atom. The zero-order valence-corrected chi connectivity index (χ0v) is 30.1. The zero-order chi connectivity index (χ0) is 35.7. The van der Waals surface area contributed by atoms with E-state index in [2.05, 4.69) is 19.9 Å². The van der Waals surface area contributed by atoms with Crippen LogP contribution in [0.25, 0.3) is 0 Å². The molecule has 0 aromatic carbocycles. The fraction of sp³-hybridized carbons (Fsp3) is 0.692. The minimum Gasteiger partial charge on any atom is -0.462 e. The van der Waals surface area contributed by atoms with Crippen LogP contribution in [-0.4, -0.2) is 88.5 Å². The van der Waals surface area contributed by atoms with Crippen molar-refractivity contribution in [2.75, 3.05) is 13.2 Å². The Morgan fingerprint density at radius 2 is 1.92 bits per heavy atom. The Morgan fingerprint density at radius 1 is 1.16 bits per heavy atom. The molecule has 3 fully saturated rings. The SMILES string of the molecule is CC=C(C)C1OC2(CC3CC(CC=C(C)CC(C)C=CC=C4COC5C(O)C(COC(=O)CC(C)C)=CC(C(=O)O3)C45O)O2)C(O)CC1C. The maximum Gasteiger partial charge on any atom is 0.316 e. The molecule has 3 N–H and O–H groups in total. The molecular formula is C39H56O10. The maximum absolute atomic E-state index is 14.3. The molecule has 11 unspecified atom stereocenters. The van der Waals surface area contributed by atoms with Crippen LogP contribution in [0.4, 0.5) is 0 Å². The van der Waals surface area contributed by atoms with Crippen LogP contribution in [0.1, 0.15) is 87.0 Å². The van der Waals surface area contributed by atoms with Crippen LogP contribution in [-0.2, 0) is 33.3 Å². The minimum absolute atomic E-state index is 0.000270. The Labute approximate surface area is 290 Å². The summed E-state index contributed by atoms with van der Waals surface area (Å²) in [6.45, 7) is 13.8. The Hall–Kier alpha value is -2.60. The van der Waals surface area contributed by atoms with Gasteiger partial charge in [-0.2, -0.15) is 0 Å². The van der Waals surface area contributed by atoms with E-state index in [-0.39, 0.29) is 55.5 Å². The van der Waals surface area contributed by atoms with Crippen molar-refractivity contribution in [1.29, 1.82) is 0 Å². The molecule has 10 heteroatoms. The van der Waals surface area contributed by atoms with Gasteiger partial charge in [0.05, 0.1) is 18.8 Å². The normalized spacial score (nSPS) is 40.3. The molecule has 3 saturated heterocycles. The lowest BCUT2D eigenvalue weighted by Crippen LogP contribution is -2.62. The molecule has 5 rings (SSSR count). The summed E-state index contributed by atoms with van der Waals surface area (Å²) < 4.78 is 31.0. The molecule has 5 aliphatic rings. The summed E-state index contributed by atoms with van der Waals surface area (Å²) in [5.41, 5.74) is 1.01. The summed E-state index contributed by atoms with van der Waals surface area (Å²) in [5.74, 6) is -3.47. The molecule has 4 aliphatic heterocycles. The molecule has 0 aromatic heterocycles. The minimum atomic E-state index is -1.91. The van der Waals surface area contributed by atoms with Crippen LogP contribution in [0.15, 0.2) is 58.7 Å². The fourth-order valence-electron chi connectivity index (χ4n) is 8.03. The number of ether oxygens (including phenoxy) is 5. The number of aliphatic hydroxyl groups excluding tert-OH is 2. The van der Waals surface area contributed by atoms with Crippen molar-refractivity contribution in [3.8, 4) is 0 Å². The van der Waals surface area contributed by atoms with E-state index in [1.807, 2.05) is 52.8 Å². The van der Waals surface area contributed by atoms with Gasteiger partial charge in [0.2, 0.25) is 0 Å². The summed E-state index contributed by atoms with van der Waals surface area (Å²) in [4.78, 5) is 26.8. The number of carbonyl (C=O) groups is 2. The third-order valence-corrected chi connectivity index (χ3v) is 10.8. The Bertz CT molecular complexity index is 1390. The molecule has 10 nitrogen and oxygen atoms in total. The van der Waals surface area contributed by atoms with Crippen molar-refractivity contribution in [2.45, 2.75) is 135 Å². The zero-order valence-electron chi connectivity index (χ0n) is 30.1. The summed E-state index contributed by atoms with van der Waals surface area (Å²) >= 11 is 0. The van der Waals surface area contributed by atoms with Crippen LogP contribution in [0.3, 0.4) is 0 Å². The second kappa shape index (κ2) is 15.3. The topological polar surface area (TPSA) is 141 Å². The largest absolute Gasteiger partial charge is 0.462 e. The molecule has 0 amide bonds. The molecule has 2 bridgehead atoms. The van der Waals surface area contributed by atoms with E-state index in [0.29, 0.717) is 24.8 Å². The average molecular weight is 685 g/mol. The van der Waals surface area contributed by atoms with Gasteiger partial charge >= 0.3 is 11.9 Å². The second-order valence-corrected chi connectivity index (χ2v) is 15.4. The molecule has 0 aromatic rings. The third-order valence-electron chi connectivity index (χ3n) is 10.8. The monoisotopic (exact) mass is 684 g/mol. The summed E-state index contributed by atoms with van der Waals surface area (Å²) in [7, 11) is 0. The van der Waals surface area contributed by atoms with Gasteiger partial charge < -0.3 is 39.0 Å². The van der Waals surface area contributed by atoms with Crippen molar-refractivity contribution in [3.05, 3.63) is 58.7 Å². The van der Waals surface area contributed by atoms with Gasteiger partial charge in [0.1, 0.15) is 42.5 Å². The number of rotatable bonds is 5. The van der Waals surface area contributed by atoms with E-state index in [1.165, 1.54) is 11.6 Å². The highest BCUT2D eigenvalue weighted by Crippen LogP contribution is 2.48. The lowest BCUT2D eigenvalue weighted by molar-refractivity contribution is -0.363. The third kappa shape index (κ3) is 8.00. The van der Waals surface area contributed by atoms with Crippen LogP contribution in [0.2, 0.25) is 0 Å². The van der Waals surface area contributed by atoms with Crippen molar-refractivity contribution in [2.24, 2.45) is 23.7 Å². The molecule has 4 heterocycles. The van der Waals surface area contributed by atoms with Gasteiger partial charge in [-0.15, -0.1) is 0 Å². The van der Waals surface area contributed by atoms with E-state index < -0.39 is 59.8 Å². The van der Waals surface area contributed by atoms with E-state index in [4.69, 9.17) is 23.7 Å². The number of carbonyl (C=O) groups excluding carboxylic acids is 2. The van der Waals surface area contributed by atoms with Gasteiger partial charge in [-0.3, -0.25) is 9.59 Å². The van der Waals surface area contributed by atoms with Gasteiger partial charge in [-0.05, 0) is 74.5 Å². The Kier molecular flexibility index (Phi) is 11.8. The number of hydrogen-bond donors (Lipinski definition) is 3. The fourth-order valence-corrected chi connectivity index (χ4v) is 8.03. The molecule has 1 aliphatic carbocycles. The molecule has 0 saturated carbocycles. The lowest BCUT2D eigenvalue weighted by atomic mass is 9.70. The molecule has 1 spiro atoms. The molecular weight excluding hydrogens is 628 g/mol. The first-order valence-corrected chi connectivity index (χ1v) is 18.0. The van der Waals surface area contributed by atoms with Crippen LogP contribution >= 0.6 is 0 Å². The summed E-state index contributed by atoms with van der Waals surface area (Å²) in [6.07, 6.45) is 8.93. The van der Waals surface area contributed by atoms with Gasteiger partial charge in [-0.1, -0.05) is 69.7 Å². The van der Waals surface area contributed by atoms with Gasteiger partial charge in [-0.25, -0.2) is 0 Å². The second-order valence-electron chi connectivity index (χ2n) is 15.4. The first-order valence-electron chi connectivity index (χ1n) is 18.0. The number of allylic oxidation sites excluding steroid dienone is 5. The van der Waals surface area contributed by atoms with Crippen molar-refractivity contribution in [3.63, 3.8) is 0 Å². The highest BCUT2D eigenvalue weighted by atomic mass is 16.7. The Balaban J connectivity index is 1.53. The van der Waals surface area contributed by atoms with Gasteiger partial charge in [0.25, 0.3) is 0 Å². The van der Waals surface area contributed by atoms with Gasteiger partial charge in [0.15, 0.2) is 5.79 Å². The molecule has 272 valence electrons. The quantitative estimate of drug-likeness (QED) is 0.267. The number of aliphatic hydroxyl groups is 3. The average Bonchev–Trinajstić information content (AvgIpc) is 3.37. The van der Waals surface area contributed by atoms with Crippen LogP contribution in [0, 0.1) is 23.7 Å². The lowest BCUT2D eigenvalue weighted by Gasteiger charge is -2.52. The standard InChI is InChI=1S/C39H56O10/c1-8-25(6)35-26(7)16-32(40)38(49-35)19-30-18-29(48-38)13-12-24(5)15-23(4)10-9-11-28-21-46-36-34(42)27(20-45-33(41)14-22(2)3)17-31(37(43)47-30)39(28,36)44/h8-12,17,22-23,26,29-32,34-36,40,42,44H,13-16,18-21H2,1-7H3. The van der Waals surface area contributed by atoms with Crippen LogP contribution < -0.4 is 0 Å². The smallest absolute Gasteiger partial charge is 0.316 e. The molecule has 11 atom stereocenters. The van der Waals surface area contributed by atoms with Crippen molar-refractivity contribution in [1.82, 2.24) is 0 Å². The van der Waals surface area contributed by atoms with E-state index in [1.54, 1.807) is 6.08 Å². The van der Waals surface area contributed by atoms with E-state index >= 15 is 0 Å². The number of hydrogen-bond acceptors (Lipinski definition) is 10. The number of esters is 2. The predicted molar refractivity (Wildman–Crippen MR) is 183 cm³/mol. The predicted octanol–water partition coefficient (Wildman–Crippen LogP) is 5.02. The molecule has 49 heavy (non-hydrogen) atoms. The van der Waals surface area contributed by atoms with Crippen molar-refractivity contribution < 1.29 is 48.6 Å². The summed E-state index contributed by atoms with van der Waals surface area (Å²) in [5, 5.41) is 35.3. The highest BCUT2D eigenvalue weighted by Gasteiger charge is 2.61. The van der Waals surface area contributed by atoms with Gasteiger partial charge in [0, 0.05) is 19.3 Å². The first-order chi connectivity index (χ1) is 23.2. The highest BCUT2D eigenvalue weighted by molar-refractivity contribution is 5.79. The van der Waals surface area contributed by atoms with Crippen molar-refractivity contribution >= 4 is 11.9 Å². The maximum atomic E-state index is 14.3. The number of fused-ring (bicyclic) bond motifs is 2. The van der Waals surface area contributed by atoms with E-state index in [9.17, 15) is 24.9 Å². The first kappa shape index (κ1) is 37.7. The van der Waals surface area contributed by atoms with E-state index in [0.717, 1.165) is 12.0 Å². The summed E-state index contributed by atoms with van der Waals surface area (Å²) in [6, 6.07) is 0. The molecule has 0 radical (unpaired) electrons.